The van der Waals surface area contributed by atoms with Crippen molar-refractivity contribution in [3.8, 4) is 0 Å². The van der Waals surface area contributed by atoms with Gasteiger partial charge in [-0.05, 0) is 25.3 Å². The first-order valence-electron chi connectivity index (χ1n) is 12.2. The molecule has 0 amide bonds. The molecule has 1 N–H and O–H groups in total. The van der Waals surface area contributed by atoms with Crippen LogP contribution < -0.4 is 5.32 Å². The van der Waals surface area contributed by atoms with Crippen molar-refractivity contribution in [1.29, 1.82) is 0 Å². The molecule has 5 unspecified atom stereocenters. The average Bonchev–Trinajstić information content (AvgIpc) is 2.88. The van der Waals surface area contributed by atoms with Crippen LogP contribution in [0.1, 0.15) is 39.2 Å². The molecule has 0 spiro atoms. The molecule has 1 aromatic rings. The minimum Gasteiger partial charge on any atom is -0.462 e. The van der Waals surface area contributed by atoms with E-state index in [2.05, 4.69) is 5.32 Å². The molecule has 9 nitrogen and oxygen atoms in total. The van der Waals surface area contributed by atoms with E-state index < -0.39 is 35.9 Å². The van der Waals surface area contributed by atoms with Crippen molar-refractivity contribution in [3.05, 3.63) is 35.9 Å². The van der Waals surface area contributed by atoms with Gasteiger partial charge in [0.1, 0.15) is 36.9 Å². The van der Waals surface area contributed by atoms with Gasteiger partial charge in [0.25, 0.3) is 0 Å². The number of hydrogen-bond donors (Lipinski definition) is 1. The minimum absolute atomic E-state index is 0.0103. The highest BCUT2D eigenvalue weighted by Gasteiger charge is 2.41. The third-order valence-corrected chi connectivity index (χ3v) is 6.89. The molecule has 35 heavy (non-hydrogen) atoms. The second kappa shape index (κ2) is 13.2. The van der Waals surface area contributed by atoms with Gasteiger partial charge in [0.05, 0.1) is 31.3 Å². The number of rotatable bonds is 5. The topological polar surface area (TPSA) is 109 Å². The first-order chi connectivity index (χ1) is 16.8. The van der Waals surface area contributed by atoms with Gasteiger partial charge in [-0.15, -0.1) is 0 Å². The van der Waals surface area contributed by atoms with E-state index in [0.29, 0.717) is 19.4 Å². The predicted octanol–water partition coefficient (Wildman–Crippen LogP) is 2.46. The fraction of sp³-hybridized carbons (Fsp3) is 0.654. The molecule has 7 atom stereocenters. The number of esters is 1. The Morgan fingerprint density at radius 1 is 1.00 bits per heavy atom. The smallest absolute Gasteiger partial charge is 0.316 e. The molecule has 0 aromatic heterocycles. The number of ketones is 2. The summed E-state index contributed by atoms with van der Waals surface area (Å²) in [6.45, 7) is 5.64. The van der Waals surface area contributed by atoms with E-state index >= 15 is 0 Å². The Morgan fingerprint density at radius 3 is 2.37 bits per heavy atom. The summed E-state index contributed by atoms with van der Waals surface area (Å²) in [4.78, 5) is 49.6. The lowest BCUT2D eigenvalue weighted by Gasteiger charge is -2.37. The molecule has 2 aliphatic heterocycles. The Balaban J connectivity index is 1.83. The number of fused-ring (bicyclic) bond motifs is 1. The van der Waals surface area contributed by atoms with Gasteiger partial charge in [0.15, 0.2) is 0 Å². The molecule has 3 rings (SSSR count). The molecule has 0 saturated carbocycles. The van der Waals surface area contributed by atoms with E-state index in [9.17, 15) is 14.4 Å². The van der Waals surface area contributed by atoms with Crippen molar-refractivity contribution in [2.24, 2.45) is 23.7 Å². The normalized spacial score (nSPS) is 33.5. The lowest BCUT2D eigenvalue weighted by Crippen LogP contribution is -2.57. The van der Waals surface area contributed by atoms with Crippen LogP contribution in [0.2, 0.25) is 0 Å². The number of Topliss-reactive ketones (excluding diaryl/α,β-unsaturated/α-hetero) is 2. The van der Waals surface area contributed by atoms with Gasteiger partial charge >= 0.3 is 5.97 Å². The molecule has 0 bridgehead atoms. The van der Waals surface area contributed by atoms with E-state index in [1.54, 1.807) is 21.0 Å². The lowest BCUT2D eigenvalue weighted by atomic mass is 9.82. The minimum atomic E-state index is -0.912. The number of nitrogens with one attached hydrogen (secondary N) is 1. The molecular weight excluding hydrogens is 454 g/mol. The zero-order chi connectivity index (χ0) is 25.4. The van der Waals surface area contributed by atoms with E-state index in [1.807, 2.05) is 37.3 Å². The predicted molar refractivity (Wildman–Crippen MR) is 126 cm³/mol. The maximum absolute atomic E-state index is 13.7. The third kappa shape index (κ3) is 7.41. The number of cyclic esters (lactones) is 1. The van der Waals surface area contributed by atoms with Crippen LogP contribution in [0.4, 0.5) is 0 Å². The standard InChI is InChI=1S/C26H37NO8/c1-16-10-20(31-4)11-17(2)25(29)21(13-32-12-19-8-6-5-7-9-19)23-22(35-34-15-27-23)14-33-26(30)18(3)24(16)28/h5-9,16-18,20-23,27H,10-15H2,1-4H3/t16-,17-,18?,20?,21?,22?,23?/m1/s1. The van der Waals surface area contributed by atoms with E-state index in [1.165, 1.54) is 0 Å². The van der Waals surface area contributed by atoms with Crippen molar-refractivity contribution in [2.45, 2.75) is 58.5 Å². The second-order valence-electron chi connectivity index (χ2n) is 9.52. The van der Waals surface area contributed by atoms with Gasteiger partial charge in [0.2, 0.25) is 0 Å². The first-order valence-corrected chi connectivity index (χ1v) is 12.2. The lowest BCUT2D eigenvalue weighted by molar-refractivity contribution is -0.363. The Bertz CT molecular complexity index is 847. The van der Waals surface area contributed by atoms with Gasteiger partial charge in [-0.2, -0.15) is 0 Å². The zero-order valence-electron chi connectivity index (χ0n) is 20.9. The maximum atomic E-state index is 13.7. The summed E-state index contributed by atoms with van der Waals surface area (Å²) in [6, 6.07) is 9.22. The number of benzene rings is 1. The third-order valence-electron chi connectivity index (χ3n) is 6.89. The van der Waals surface area contributed by atoms with Crippen molar-refractivity contribution in [1.82, 2.24) is 5.32 Å². The van der Waals surface area contributed by atoms with E-state index in [4.69, 9.17) is 24.0 Å². The molecule has 2 saturated heterocycles. The number of hydrogen-bond acceptors (Lipinski definition) is 9. The van der Waals surface area contributed by atoms with Crippen molar-refractivity contribution >= 4 is 17.5 Å². The molecule has 9 heteroatoms. The quantitative estimate of drug-likeness (QED) is 0.377. The van der Waals surface area contributed by atoms with Crippen LogP contribution in [-0.2, 0) is 45.0 Å². The number of carbonyl (C=O) groups excluding carboxylic acids is 3. The van der Waals surface area contributed by atoms with Crippen LogP contribution >= 0.6 is 0 Å². The van der Waals surface area contributed by atoms with Crippen LogP contribution in [0.3, 0.4) is 0 Å². The maximum Gasteiger partial charge on any atom is 0.316 e. The monoisotopic (exact) mass is 491 g/mol. The molecule has 2 fully saturated rings. The Kier molecular flexibility index (Phi) is 10.4. The van der Waals surface area contributed by atoms with Gasteiger partial charge in [-0.1, -0.05) is 44.2 Å². The first kappa shape index (κ1) is 27.4. The summed E-state index contributed by atoms with van der Waals surface area (Å²) in [5.41, 5.74) is 1.00. The fourth-order valence-corrected chi connectivity index (χ4v) is 4.72. The van der Waals surface area contributed by atoms with Crippen molar-refractivity contribution < 1.29 is 38.4 Å². The molecular formula is C26H37NO8. The molecule has 1 aromatic carbocycles. The largest absolute Gasteiger partial charge is 0.462 e. The summed E-state index contributed by atoms with van der Waals surface area (Å²) in [6.07, 6.45) is -0.175. The van der Waals surface area contributed by atoms with Crippen molar-refractivity contribution in [3.63, 3.8) is 0 Å². The molecule has 2 heterocycles. The Labute approximate surface area is 206 Å². The zero-order valence-corrected chi connectivity index (χ0v) is 20.9. The van der Waals surface area contributed by atoms with Gasteiger partial charge in [-0.25, -0.2) is 9.78 Å². The van der Waals surface area contributed by atoms with Crippen molar-refractivity contribution in [2.75, 3.05) is 27.1 Å². The van der Waals surface area contributed by atoms with Crippen LogP contribution in [-0.4, -0.2) is 62.8 Å². The van der Waals surface area contributed by atoms with Crippen LogP contribution in [0.5, 0.6) is 0 Å². The Morgan fingerprint density at radius 2 is 1.69 bits per heavy atom. The van der Waals surface area contributed by atoms with E-state index in [-0.39, 0.29) is 43.5 Å². The highest BCUT2D eigenvalue weighted by atomic mass is 17.2. The summed E-state index contributed by atoms with van der Waals surface area (Å²) in [5.74, 6) is -3.09. The van der Waals surface area contributed by atoms with Gasteiger partial charge in [0, 0.05) is 18.9 Å². The number of methoxy groups -OCH3 is 1. The molecule has 2 aliphatic rings. The number of carbonyl (C=O) groups is 3. The van der Waals surface area contributed by atoms with Crippen LogP contribution in [0.25, 0.3) is 0 Å². The SMILES string of the molecule is COC1C[C@@H](C)C(=O)C(C)C(=O)OCC2OOCNC2C(COCc2ccccc2)C(=O)[C@H](C)C1. The number of ether oxygens (including phenoxy) is 3. The average molecular weight is 492 g/mol. The van der Waals surface area contributed by atoms with Crippen LogP contribution in [0, 0.1) is 23.7 Å². The molecule has 194 valence electrons. The summed E-state index contributed by atoms with van der Waals surface area (Å²) < 4.78 is 17.0. The van der Waals surface area contributed by atoms with Crippen LogP contribution in [0.15, 0.2) is 30.3 Å². The highest BCUT2D eigenvalue weighted by molar-refractivity contribution is 5.99. The summed E-state index contributed by atoms with van der Waals surface area (Å²) >= 11 is 0. The fourth-order valence-electron chi connectivity index (χ4n) is 4.72. The molecule has 0 radical (unpaired) electrons. The van der Waals surface area contributed by atoms with Gasteiger partial charge in [-0.3, -0.25) is 19.7 Å². The second-order valence-corrected chi connectivity index (χ2v) is 9.52. The molecule has 0 aliphatic carbocycles. The highest BCUT2D eigenvalue weighted by Crippen LogP contribution is 2.26. The summed E-state index contributed by atoms with van der Waals surface area (Å²) in [5, 5.41) is 3.18. The Hall–Kier alpha value is -2.17. The van der Waals surface area contributed by atoms with Gasteiger partial charge < -0.3 is 14.2 Å². The summed E-state index contributed by atoms with van der Waals surface area (Å²) in [7, 11) is 1.57. The van der Waals surface area contributed by atoms with E-state index in [0.717, 1.165) is 5.56 Å².